The lowest BCUT2D eigenvalue weighted by Gasteiger charge is -2.18. The molecule has 0 radical (unpaired) electrons. The number of rotatable bonds is 5. The summed E-state index contributed by atoms with van der Waals surface area (Å²) in [5, 5.41) is 16.8. The molecule has 1 unspecified atom stereocenters. The Morgan fingerprint density at radius 2 is 2.07 bits per heavy atom. The molecule has 0 saturated carbocycles. The molecule has 0 aromatic carbocycles. The van der Waals surface area contributed by atoms with E-state index in [0.29, 0.717) is 0 Å². The average molecular weight is 220 g/mol. The Labute approximate surface area is 84.8 Å². The lowest BCUT2D eigenvalue weighted by atomic mass is 10.1. The zero-order valence-electron chi connectivity index (χ0n) is 8.61. The molecule has 14 heavy (non-hydrogen) atoms. The van der Waals surface area contributed by atoms with E-state index in [-0.39, 0.29) is 13.0 Å². The van der Waals surface area contributed by atoms with Crippen LogP contribution in [0.4, 0.5) is 0 Å². The number of hydrogen-bond acceptors (Lipinski definition) is 4. The number of hydrogen-bond donors (Lipinski definition) is 2. The van der Waals surface area contributed by atoms with Gasteiger partial charge in [0.15, 0.2) is 5.25 Å². The highest BCUT2D eigenvalue weighted by atomic mass is 32.2. The highest BCUT2D eigenvalue weighted by molar-refractivity contribution is 7.90. The maximum Gasteiger partial charge on any atom is 0.228 e. The molecule has 0 spiro atoms. The molecule has 1 atom stereocenters. The van der Waals surface area contributed by atoms with Crippen LogP contribution in [0.1, 0.15) is 27.2 Å². The van der Waals surface area contributed by atoms with Gasteiger partial charge in [0.2, 0.25) is 10.0 Å². The van der Waals surface area contributed by atoms with Crippen LogP contribution < -0.4 is 4.72 Å². The smallest absolute Gasteiger partial charge is 0.228 e. The Morgan fingerprint density at radius 1 is 1.57 bits per heavy atom. The second-order valence-corrected chi connectivity index (χ2v) is 5.65. The SMILES string of the molecule is CCC(C#N)S(=O)(=O)NCC(C)(C)O. The van der Waals surface area contributed by atoms with Crippen LogP contribution in [0.5, 0.6) is 0 Å². The third-order valence-electron chi connectivity index (χ3n) is 1.60. The van der Waals surface area contributed by atoms with Gasteiger partial charge in [-0.2, -0.15) is 5.26 Å². The Morgan fingerprint density at radius 3 is 2.36 bits per heavy atom. The van der Waals surface area contributed by atoms with Crippen molar-refractivity contribution in [1.82, 2.24) is 4.72 Å². The summed E-state index contributed by atoms with van der Waals surface area (Å²) >= 11 is 0. The standard InChI is InChI=1S/C8H16N2O3S/c1-4-7(5-9)14(12,13)10-6-8(2,3)11/h7,10-11H,4,6H2,1-3H3. The van der Waals surface area contributed by atoms with Gasteiger partial charge in [-0.3, -0.25) is 0 Å². The van der Waals surface area contributed by atoms with Crippen molar-refractivity contribution in [2.45, 2.75) is 38.0 Å². The zero-order valence-corrected chi connectivity index (χ0v) is 9.43. The molecule has 82 valence electrons. The maximum absolute atomic E-state index is 11.4. The second-order valence-electron chi connectivity index (χ2n) is 3.70. The van der Waals surface area contributed by atoms with Gasteiger partial charge in [-0.25, -0.2) is 13.1 Å². The van der Waals surface area contributed by atoms with Gasteiger partial charge in [0, 0.05) is 6.54 Å². The van der Waals surface area contributed by atoms with Gasteiger partial charge in [-0.1, -0.05) is 6.92 Å². The molecule has 0 aromatic heterocycles. The van der Waals surface area contributed by atoms with Gasteiger partial charge in [-0.15, -0.1) is 0 Å². The number of aliphatic hydroxyl groups is 1. The van der Waals surface area contributed by atoms with Crippen molar-refractivity contribution < 1.29 is 13.5 Å². The van der Waals surface area contributed by atoms with Crippen molar-refractivity contribution in [2.75, 3.05) is 6.54 Å². The van der Waals surface area contributed by atoms with Crippen LogP contribution in [-0.2, 0) is 10.0 Å². The number of nitrogens with one attached hydrogen (secondary N) is 1. The van der Waals surface area contributed by atoms with Gasteiger partial charge >= 0.3 is 0 Å². The summed E-state index contributed by atoms with van der Waals surface area (Å²) in [6.45, 7) is 4.51. The van der Waals surface area contributed by atoms with Crippen LogP contribution in [0.2, 0.25) is 0 Å². The molecular weight excluding hydrogens is 204 g/mol. The predicted molar refractivity (Wildman–Crippen MR) is 52.9 cm³/mol. The summed E-state index contributed by atoms with van der Waals surface area (Å²) in [6, 6.07) is 1.70. The van der Waals surface area contributed by atoms with E-state index >= 15 is 0 Å². The first kappa shape index (κ1) is 13.4. The summed E-state index contributed by atoms with van der Waals surface area (Å²) in [4.78, 5) is 0. The van der Waals surface area contributed by atoms with Crippen LogP contribution in [0, 0.1) is 11.3 Å². The van der Waals surface area contributed by atoms with E-state index in [9.17, 15) is 13.5 Å². The number of nitrogens with zero attached hydrogens (tertiary/aromatic N) is 1. The fourth-order valence-electron chi connectivity index (χ4n) is 0.758. The molecule has 6 heteroatoms. The van der Waals surface area contributed by atoms with Crippen LogP contribution in [0.15, 0.2) is 0 Å². The summed E-state index contributed by atoms with van der Waals surface area (Å²) in [5.41, 5.74) is -1.11. The Balaban J connectivity index is 4.45. The van der Waals surface area contributed by atoms with E-state index in [2.05, 4.69) is 4.72 Å². The molecule has 5 nitrogen and oxygen atoms in total. The third kappa shape index (κ3) is 4.56. The fourth-order valence-corrected chi connectivity index (χ4v) is 2.09. The monoisotopic (exact) mass is 220 g/mol. The minimum atomic E-state index is -3.63. The molecule has 0 aromatic rings. The topological polar surface area (TPSA) is 90.2 Å². The lowest BCUT2D eigenvalue weighted by Crippen LogP contribution is -2.42. The van der Waals surface area contributed by atoms with Crippen LogP contribution in [-0.4, -0.2) is 30.9 Å². The number of nitriles is 1. The summed E-state index contributed by atoms with van der Waals surface area (Å²) in [6.07, 6.45) is 0.234. The molecule has 0 rings (SSSR count). The Bertz CT molecular complexity index is 310. The van der Waals surface area contributed by atoms with Crippen molar-refractivity contribution >= 4 is 10.0 Å². The highest BCUT2D eigenvalue weighted by Gasteiger charge is 2.25. The van der Waals surface area contributed by atoms with Gasteiger partial charge in [0.05, 0.1) is 11.7 Å². The first-order valence-electron chi connectivity index (χ1n) is 4.33. The second kappa shape index (κ2) is 4.73. The van der Waals surface area contributed by atoms with E-state index in [1.54, 1.807) is 13.0 Å². The highest BCUT2D eigenvalue weighted by Crippen LogP contribution is 2.05. The van der Waals surface area contributed by atoms with E-state index in [0.717, 1.165) is 0 Å². The normalized spacial score (nSPS) is 14.8. The van der Waals surface area contributed by atoms with Crippen LogP contribution in [0.3, 0.4) is 0 Å². The largest absolute Gasteiger partial charge is 0.389 e. The van der Waals surface area contributed by atoms with Gasteiger partial charge in [0.25, 0.3) is 0 Å². The Kier molecular flexibility index (Phi) is 4.52. The molecule has 0 amide bonds. The predicted octanol–water partition coefficient (Wildman–Crippen LogP) is -0.0211. The molecule has 0 aliphatic rings. The Hall–Kier alpha value is -0.640. The van der Waals surface area contributed by atoms with Crippen molar-refractivity contribution in [3.63, 3.8) is 0 Å². The minimum absolute atomic E-state index is 0.0898. The molecule has 0 saturated heterocycles. The molecule has 0 aliphatic heterocycles. The first-order chi connectivity index (χ1) is 6.23. The molecule has 0 heterocycles. The molecule has 0 aliphatic carbocycles. The van der Waals surface area contributed by atoms with E-state index < -0.39 is 20.9 Å². The van der Waals surface area contributed by atoms with Crippen LogP contribution in [0.25, 0.3) is 0 Å². The molecule has 0 fully saturated rings. The summed E-state index contributed by atoms with van der Waals surface area (Å²) in [5.74, 6) is 0. The molecule has 2 N–H and O–H groups in total. The fraction of sp³-hybridized carbons (Fsp3) is 0.875. The van der Waals surface area contributed by atoms with E-state index in [1.165, 1.54) is 13.8 Å². The number of sulfonamides is 1. The maximum atomic E-state index is 11.4. The lowest BCUT2D eigenvalue weighted by molar-refractivity contribution is 0.0856. The van der Waals surface area contributed by atoms with Crippen LogP contribution >= 0.6 is 0 Å². The van der Waals surface area contributed by atoms with E-state index in [4.69, 9.17) is 5.26 Å². The summed E-state index contributed by atoms with van der Waals surface area (Å²) in [7, 11) is -3.63. The third-order valence-corrected chi connectivity index (χ3v) is 3.33. The van der Waals surface area contributed by atoms with Gasteiger partial charge < -0.3 is 5.11 Å². The summed E-state index contributed by atoms with van der Waals surface area (Å²) < 4.78 is 25.0. The average Bonchev–Trinajstić information content (AvgIpc) is 2.02. The van der Waals surface area contributed by atoms with Gasteiger partial charge in [-0.05, 0) is 20.3 Å². The van der Waals surface area contributed by atoms with Gasteiger partial charge in [0.1, 0.15) is 0 Å². The zero-order chi connectivity index (χ0) is 11.4. The quantitative estimate of drug-likeness (QED) is 0.681. The molecular formula is C8H16N2O3S. The van der Waals surface area contributed by atoms with Crippen molar-refractivity contribution in [3.8, 4) is 6.07 Å². The van der Waals surface area contributed by atoms with Crippen molar-refractivity contribution in [1.29, 1.82) is 5.26 Å². The van der Waals surface area contributed by atoms with E-state index in [1.807, 2.05) is 0 Å². The first-order valence-corrected chi connectivity index (χ1v) is 5.88. The van der Waals surface area contributed by atoms with Crippen molar-refractivity contribution in [3.05, 3.63) is 0 Å². The minimum Gasteiger partial charge on any atom is -0.389 e. The van der Waals surface area contributed by atoms with Crippen molar-refractivity contribution in [2.24, 2.45) is 0 Å². The molecule has 0 bridgehead atoms.